The molecule has 5 nitrogen and oxygen atoms in total. The summed E-state index contributed by atoms with van der Waals surface area (Å²) in [5, 5.41) is 4.36. The van der Waals surface area contributed by atoms with Gasteiger partial charge in [-0.1, -0.05) is 6.92 Å². The van der Waals surface area contributed by atoms with Crippen LogP contribution < -0.4 is 5.73 Å². The number of aromatic nitrogens is 2. The lowest BCUT2D eigenvalue weighted by molar-refractivity contribution is 0.0692. The standard InChI is InChI=1S/C18H23FN4O/c1-2-17-16(18(24)22-9-7-13(11-20)8-10-22)12-21-23(17)15-5-3-14(19)4-6-15/h3-6,12-13H,2,7-11,20H2,1H3. The van der Waals surface area contributed by atoms with Gasteiger partial charge in [0, 0.05) is 13.1 Å². The number of carbonyl (C=O) groups is 1. The Hall–Kier alpha value is -2.21. The van der Waals surface area contributed by atoms with Crippen LogP contribution in [0.4, 0.5) is 4.39 Å². The highest BCUT2D eigenvalue weighted by atomic mass is 19.1. The van der Waals surface area contributed by atoms with Gasteiger partial charge < -0.3 is 10.6 Å². The Morgan fingerprint density at radius 3 is 2.54 bits per heavy atom. The molecule has 1 saturated heterocycles. The normalized spacial score (nSPS) is 15.7. The minimum atomic E-state index is -0.289. The van der Waals surface area contributed by atoms with Gasteiger partial charge in [0.1, 0.15) is 5.82 Å². The summed E-state index contributed by atoms with van der Waals surface area (Å²) in [5.74, 6) is 0.250. The van der Waals surface area contributed by atoms with E-state index in [2.05, 4.69) is 5.10 Å². The zero-order valence-corrected chi connectivity index (χ0v) is 13.9. The Kier molecular flexibility index (Phi) is 4.94. The summed E-state index contributed by atoms with van der Waals surface area (Å²) >= 11 is 0. The summed E-state index contributed by atoms with van der Waals surface area (Å²) in [7, 11) is 0. The first kappa shape index (κ1) is 16.6. The molecule has 0 saturated carbocycles. The minimum Gasteiger partial charge on any atom is -0.339 e. The molecule has 0 aliphatic carbocycles. The monoisotopic (exact) mass is 330 g/mol. The molecular weight excluding hydrogens is 307 g/mol. The number of hydrogen-bond donors (Lipinski definition) is 1. The van der Waals surface area contributed by atoms with Crippen molar-refractivity contribution in [3.8, 4) is 5.69 Å². The number of amides is 1. The van der Waals surface area contributed by atoms with E-state index in [0.29, 0.717) is 24.4 Å². The number of halogens is 1. The van der Waals surface area contributed by atoms with Crippen molar-refractivity contribution < 1.29 is 9.18 Å². The highest BCUT2D eigenvalue weighted by molar-refractivity contribution is 5.95. The van der Waals surface area contributed by atoms with Crippen LogP contribution in [0.5, 0.6) is 0 Å². The molecule has 2 aromatic rings. The van der Waals surface area contributed by atoms with Crippen LogP contribution in [-0.2, 0) is 6.42 Å². The van der Waals surface area contributed by atoms with Crippen LogP contribution in [0.1, 0.15) is 35.8 Å². The number of carbonyl (C=O) groups excluding carboxylic acids is 1. The van der Waals surface area contributed by atoms with E-state index in [1.54, 1.807) is 23.0 Å². The second-order valence-electron chi connectivity index (χ2n) is 6.22. The van der Waals surface area contributed by atoms with Crippen molar-refractivity contribution in [3.63, 3.8) is 0 Å². The highest BCUT2D eigenvalue weighted by Crippen LogP contribution is 2.21. The van der Waals surface area contributed by atoms with E-state index < -0.39 is 0 Å². The van der Waals surface area contributed by atoms with E-state index >= 15 is 0 Å². The van der Waals surface area contributed by atoms with E-state index in [1.807, 2.05) is 11.8 Å². The molecule has 1 fully saturated rings. The Morgan fingerprint density at radius 1 is 1.29 bits per heavy atom. The fraction of sp³-hybridized carbons (Fsp3) is 0.444. The van der Waals surface area contributed by atoms with Gasteiger partial charge in [0.05, 0.1) is 23.1 Å². The average molecular weight is 330 g/mol. The molecule has 1 aliphatic heterocycles. The first-order valence-electron chi connectivity index (χ1n) is 8.46. The van der Waals surface area contributed by atoms with Gasteiger partial charge in [0.15, 0.2) is 0 Å². The van der Waals surface area contributed by atoms with E-state index in [1.165, 1.54) is 12.1 Å². The summed E-state index contributed by atoms with van der Waals surface area (Å²) in [6.07, 6.45) is 4.21. The minimum absolute atomic E-state index is 0.0238. The van der Waals surface area contributed by atoms with Gasteiger partial charge in [-0.2, -0.15) is 5.10 Å². The Morgan fingerprint density at radius 2 is 1.96 bits per heavy atom. The van der Waals surface area contributed by atoms with Crippen LogP contribution >= 0.6 is 0 Å². The van der Waals surface area contributed by atoms with Crippen molar-refractivity contribution in [2.24, 2.45) is 11.7 Å². The maximum Gasteiger partial charge on any atom is 0.257 e. The number of piperidine rings is 1. The largest absolute Gasteiger partial charge is 0.339 e. The van der Waals surface area contributed by atoms with Gasteiger partial charge in [0.2, 0.25) is 0 Å². The SMILES string of the molecule is CCc1c(C(=O)N2CCC(CN)CC2)cnn1-c1ccc(F)cc1. The number of nitrogens with two attached hydrogens (primary N) is 1. The third-order valence-corrected chi connectivity index (χ3v) is 4.74. The van der Waals surface area contributed by atoms with Crippen LogP contribution in [0.25, 0.3) is 5.69 Å². The van der Waals surface area contributed by atoms with Crippen molar-refractivity contribution in [3.05, 3.63) is 47.5 Å². The summed E-state index contributed by atoms with van der Waals surface area (Å²) < 4.78 is 14.8. The number of rotatable bonds is 4. The van der Waals surface area contributed by atoms with Crippen molar-refractivity contribution in [1.82, 2.24) is 14.7 Å². The molecule has 2 heterocycles. The fourth-order valence-electron chi connectivity index (χ4n) is 3.24. The molecule has 128 valence electrons. The Labute approximate surface area is 141 Å². The highest BCUT2D eigenvalue weighted by Gasteiger charge is 2.26. The van der Waals surface area contributed by atoms with Crippen molar-refractivity contribution in [2.75, 3.05) is 19.6 Å². The molecular formula is C18H23FN4O. The van der Waals surface area contributed by atoms with Gasteiger partial charge in [-0.15, -0.1) is 0 Å². The van der Waals surface area contributed by atoms with Crippen LogP contribution in [0, 0.1) is 11.7 Å². The Bertz CT molecular complexity index is 702. The molecule has 0 spiro atoms. The molecule has 1 aromatic heterocycles. The van der Waals surface area contributed by atoms with Crippen LogP contribution in [0.2, 0.25) is 0 Å². The molecule has 1 amide bonds. The third-order valence-electron chi connectivity index (χ3n) is 4.74. The average Bonchev–Trinajstić information content (AvgIpc) is 3.05. The van der Waals surface area contributed by atoms with Crippen molar-refractivity contribution in [1.29, 1.82) is 0 Å². The van der Waals surface area contributed by atoms with E-state index in [-0.39, 0.29) is 11.7 Å². The maximum atomic E-state index is 13.1. The van der Waals surface area contributed by atoms with Gasteiger partial charge in [0.25, 0.3) is 5.91 Å². The predicted molar refractivity (Wildman–Crippen MR) is 90.6 cm³/mol. The van der Waals surface area contributed by atoms with Gasteiger partial charge in [-0.05, 0) is 56.0 Å². The molecule has 6 heteroatoms. The fourth-order valence-corrected chi connectivity index (χ4v) is 3.24. The summed E-state index contributed by atoms with van der Waals surface area (Å²) in [4.78, 5) is 14.7. The second kappa shape index (κ2) is 7.13. The molecule has 1 aromatic carbocycles. The first-order valence-corrected chi connectivity index (χ1v) is 8.46. The smallest absolute Gasteiger partial charge is 0.257 e. The molecule has 0 bridgehead atoms. The van der Waals surface area contributed by atoms with Crippen LogP contribution in [0.15, 0.2) is 30.5 Å². The lowest BCUT2D eigenvalue weighted by atomic mass is 9.96. The van der Waals surface area contributed by atoms with Gasteiger partial charge in [-0.3, -0.25) is 4.79 Å². The second-order valence-corrected chi connectivity index (χ2v) is 6.22. The topological polar surface area (TPSA) is 64.2 Å². The zero-order chi connectivity index (χ0) is 17.1. The molecule has 24 heavy (non-hydrogen) atoms. The van der Waals surface area contributed by atoms with E-state index in [4.69, 9.17) is 5.73 Å². The van der Waals surface area contributed by atoms with E-state index in [9.17, 15) is 9.18 Å². The predicted octanol–water partition coefficient (Wildman–Crippen LogP) is 2.38. The van der Waals surface area contributed by atoms with Crippen LogP contribution in [-0.4, -0.2) is 40.2 Å². The molecule has 1 aliphatic rings. The molecule has 3 rings (SSSR count). The summed E-state index contributed by atoms with van der Waals surface area (Å²) in [5.41, 5.74) is 7.96. The zero-order valence-electron chi connectivity index (χ0n) is 13.9. The first-order chi connectivity index (χ1) is 11.6. The lowest BCUT2D eigenvalue weighted by Crippen LogP contribution is -2.40. The number of hydrogen-bond acceptors (Lipinski definition) is 3. The number of benzene rings is 1. The number of likely N-dealkylation sites (tertiary alicyclic amines) is 1. The van der Waals surface area contributed by atoms with Gasteiger partial charge in [-0.25, -0.2) is 9.07 Å². The van der Waals surface area contributed by atoms with Crippen LogP contribution in [0.3, 0.4) is 0 Å². The lowest BCUT2D eigenvalue weighted by Gasteiger charge is -2.31. The molecule has 0 unspecified atom stereocenters. The maximum absolute atomic E-state index is 13.1. The van der Waals surface area contributed by atoms with Crippen molar-refractivity contribution in [2.45, 2.75) is 26.2 Å². The quantitative estimate of drug-likeness (QED) is 0.936. The molecule has 0 atom stereocenters. The van der Waals surface area contributed by atoms with E-state index in [0.717, 1.165) is 37.3 Å². The summed E-state index contributed by atoms with van der Waals surface area (Å²) in [6.45, 7) is 4.16. The Balaban J connectivity index is 1.84. The third kappa shape index (κ3) is 3.19. The number of nitrogens with zero attached hydrogens (tertiary/aromatic N) is 3. The molecule has 0 radical (unpaired) electrons. The van der Waals surface area contributed by atoms with Crippen molar-refractivity contribution >= 4 is 5.91 Å². The summed E-state index contributed by atoms with van der Waals surface area (Å²) in [6, 6.07) is 6.13. The van der Waals surface area contributed by atoms with Gasteiger partial charge >= 0.3 is 0 Å². The molecule has 2 N–H and O–H groups in total.